The van der Waals surface area contributed by atoms with Gasteiger partial charge in [0.15, 0.2) is 0 Å². The van der Waals surface area contributed by atoms with Crippen LogP contribution in [-0.2, 0) is 9.53 Å². The number of anilines is 1. The Bertz CT molecular complexity index is 439. The molecule has 4 nitrogen and oxygen atoms in total. The molecule has 0 aromatic heterocycles. The van der Waals surface area contributed by atoms with Crippen molar-refractivity contribution in [3.8, 4) is 0 Å². The van der Waals surface area contributed by atoms with E-state index >= 15 is 0 Å². The number of ether oxygens (including phenoxy) is 1. The second-order valence-electron chi connectivity index (χ2n) is 3.92. The number of carbonyl (C=O) groups excluding carboxylic acids is 1. The maximum atomic E-state index is 13.3. The molecule has 0 bridgehead atoms. The molecule has 3 N–H and O–H groups in total. The Hall–Kier alpha value is -1.53. The first-order chi connectivity index (χ1) is 8.08. The lowest BCUT2D eigenvalue weighted by Gasteiger charge is -2.13. The molecule has 92 valence electrons. The van der Waals surface area contributed by atoms with Gasteiger partial charge in [-0.2, -0.15) is 0 Å². The van der Waals surface area contributed by atoms with Crippen LogP contribution >= 0.6 is 0 Å². The maximum absolute atomic E-state index is 13.3. The third-order valence-corrected chi connectivity index (χ3v) is 2.65. The summed E-state index contributed by atoms with van der Waals surface area (Å²) in [4.78, 5) is 11.7. The number of hydrogen-bond donors (Lipinski definition) is 2. The van der Waals surface area contributed by atoms with E-state index in [1.54, 1.807) is 0 Å². The highest BCUT2D eigenvalue weighted by Crippen LogP contribution is 2.18. The molecule has 2 unspecified atom stereocenters. The molecule has 0 saturated carbocycles. The Morgan fingerprint density at radius 1 is 1.41 bits per heavy atom. The van der Waals surface area contributed by atoms with E-state index in [0.717, 1.165) is 18.2 Å². The van der Waals surface area contributed by atoms with Crippen molar-refractivity contribution in [3.63, 3.8) is 0 Å². The van der Waals surface area contributed by atoms with E-state index in [-0.39, 0.29) is 12.3 Å². The zero-order valence-corrected chi connectivity index (χ0v) is 8.95. The zero-order chi connectivity index (χ0) is 12.4. The molecule has 1 heterocycles. The van der Waals surface area contributed by atoms with Gasteiger partial charge in [-0.1, -0.05) is 0 Å². The van der Waals surface area contributed by atoms with Crippen LogP contribution in [0.2, 0.25) is 0 Å². The minimum atomic E-state index is -0.688. The third-order valence-electron chi connectivity index (χ3n) is 2.65. The summed E-state index contributed by atoms with van der Waals surface area (Å²) in [6, 6.07) is 2.45. The smallest absolute Gasteiger partial charge is 0.231 e. The summed E-state index contributed by atoms with van der Waals surface area (Å²) in [5.41, 5.74) is 5.46. The van der Waals surface area contributed by atoms with Crippen molar-refractivity contribution in [2.75, 3.05) is 18.5 Å². The van der Waals surface area contributed by atoms with Gasteiger partial charge in [0.25, 0.3) is 0 Å². The number of carbonyl (C=O) groups is 1. The molecule has 17 heavy (non-hydrogen) atoms. The molecule has 1 amide bonds. The monoisotopic (exact) mass is 242 g/mol. The van der Waals surface area contributed by atoms with Crippen LogP contribution in [0.3, 0.4) is 0 Å². The van der Waals surface area contributed by atoms with Crippen LogP contribution in [0.4, 0.5) is 14.5 Å². The summed E-state index contributed by atoms with van der Waals surface area (Å²) in [5.74, 6) is -2.29. The first-order valence-corrected chi connectivity index (χ1v) is 5.17. The van der Waals surface area contributed by atoms with Crippen LogP contribution in [0, 0.1) is 17.6 Å². The molecule has 1 aromatic carbocycles. The van der Waals surface area contributed by atoms with Crippen LogP contribution in [0.5, 0.6) is 0 Å². The van der Waals surface area contributed by atoms with Crippen molar-refractivity contribution in [1.29, 1.82) is 0 Å². The summed E-state index contributed by atoms with van der Waals surface area (Å²) in [6.07, 6.45) is 0. The summed E-state index contributed by atoms with van der Waals surface area (Å²) < 4.78 is 31.2. The highest BCUT2D eigenvalue weighted by Gasteiger charge is 2.31. The highest BCUT2D eigenvalue weighted by molar-refractivity contribution is 5.93. The maximum Gasteiger partial charge on any atom is 0.231 e. The first-order valence-electron chi connectivity index (χ1n) is 5.17. The molecule has 1 fully saturated rings. The molecular formula is C11H12F2N2O2. The first kappa shape index (κ1) is 11.9. The van der Waals surface area contributed by atoms with Gasteiger partial charge in [-0.05, 0) is 12.1 Å². The normalized spacial score (nSPS) is 23.7. The van der Waals surface area contributed by atoms with Gasteiger partial charge >= 0.3 is 0 Å². The average molecular weight is 242 g/mol. The fourth-order valence-electron chi connectivity index (χ4n) is 1.66. The topological polar surface area (TPSA) is 64.3 Å². The molecule has 1 aromatic rings. The lowest BCUT2D eigenvalue weighted by molar-refractivity contribution is -0.120. The lowest BCUT2D eigenvalue weighted by Crippen LogP contribution is -2.37. The molecule has 0 spiro atoms. The molecular weight excluding hydrogens is 230 g/mol. The van der Waals surface area contributed by atoms with E-state index in [1.165, 1.54) is 0 Å². The highest BCUT2D eigenvalue weighted by atomic mass is 19.1. The van der Waals surface area contributed by atoms with E-state index in [1.807, 2.05) is 0 Å². The van der Waals surface area contributed by atoms with Gasteiger partial charge in [0.05, 0.1) is 24.8 Å². The van der Waals surface area contributed by atoms with E-state index < -0.39 is 29.5 Å². The average Bonchev–Trinajstić information content (AvgIpc) is 2.70. The van der Waals surface area contributed by atoms with Crippen LogP contribution < -0.4 is 11.1 Å². The Labute approximate surface area is 96.7 Å². The molecule has 1 saturated heterocycles. The lowest BCUT2D eigenvalue weighted by atomic mass is 10.0. The van der Waals surface area contributed by atoms with Crippen molar-refractivity contribution in [2.24, 2.45) is 11.7 Å². The standard InChI is InChI=1S/C11H12F2N2O2/c12-6-1-2-8(13)10(3-6)15-11(16)7-4-17-5-9(7)14/h1-3,7,9H,4-5,14H2,(H,15,16). The van der Waals surface area contributed by atoms with Gasteiger partial charge in [0.1, 0.15) is 11.6 Å². The number of nitrogens with one attached hydrogen (secondary N) is 1. The third kappa shape index (κ3) is 2.59. The Kier molecular flexibility index (Phi) is 3.35. The molecule has 0 radical (unpaired) electrons. The van der Waals surface area contributed by atoms with Crippen molar-refractivity contribution in [1.82, 2.24) is 0 Å². The van der Waals surface area contributed by atoms with E-state index in [0.29, 0.717) is 6.61 Å². The van der Waals surface area contributed by atoms with Gasteiger partial charge < -0.3 is 15.8 Å². The van der Waals surface area contributed by atoms with Crippen molar-refractivity contribution in [3.05, 3.63) is 29.8 Å². The summed E-state index contributed by atoms with van der Waals surface area (Å²) in [6.45, 7) is 0.494. The Morgan fingerprint density at radius 3 is 2.82 bits per heavy atom. The van der Waals surface area contributed by atoms with Gasteiger partial charge in [0, 0.05) is 12.1 Å². The number of hydrogen-bond acceptors (Lipinski definition) is 3. The fourth-order valence-corrected chi connectivity index (χ4v) is 1.66. The predicted octanol–water partition coefficient (Wildman–Crippen LogP) is 0.877. The number of nitrogens with two attached hydrogens (primary N) is 1. The van der Waals surface area contributed by atoms with Crippen molar-refractivity contribution < 1.29 is 18.3 Å². The molecule has 0 aliphatic carbocycles. The van der Waals surface area contributed by atoms with Crippen LogP contribution in [-0.4, -0.2) is 25.2 Å². The van der Waals surface area contributed by atoms with Crippen LogP contribution in [0.1, 0.15) is 0 Å². The number of benzene rings is 1. The minimum absolute atomic E-state index is 0.186. The molecule has 2 atom stereocenters. The second-order valence-corrected chi connectivity index (χ2v) is 3.92. The molecule has 1 aliphatic rings. The van der Waals surface area contributed by atoms with Gasteiger partial charge in [-0.3, -0.25) is 4.79 Å². The zero-order valence-electron chi connectivity index (χ0n) is 8.95. The van der Waals surface area contributed by atoms with E-state index in [9.17, 15) is 13.6 Å². The molecule has 2 rings (SSSR count). The van der Waals surface area contributed by atoms with Gasteiger partial charge in [-0.15, -0.1) is 0 Å². The van der Waals surface area contributed by atoms with Crippen molar-refractivity contribution >= 4 is 11.6 Å². The van der Waals surface area contributed by atoms with E-state index in [2.05, 4.69) is 5.32 Å². The number of halogens is 2. The molecule has 6 heteroatoms. The number of rotatable bonds is 2. The van der Waals surface area contributed by atoms with Crippen molar-refractivity contribution in [2.45, 2.75) is 6.04 Å². The number of amides is 1. The summed E-state index contributed by atoms with van der Waals surface area (Å²) in [7, 11) is 0. The summed E-state index contributed by atoms with van der Waals surface area (Å²) in [5, 5.41) is 2.31. The predicted molar refractivity (Wildman–Crippen MR) is 57.3 cm³/mol. The Balaban J connectivity index is 2.10. The van der Waals surface area contributed by atoms with E-state index in [4.69, 9.17) is 10.5 Å². The second kappa shape index (κ2) is 4.77. The van der Waals surface area contributed by atoms with Gasteiger partial charge in [0.2, 0.25) is 5.91 Å². The molecule has 1 aliphatic heterocycles. The van der Waals surface area contributed by atoms with Crippen LogP contribution in [0.15, 0.2) is 18.2 Å². The fraction of sp³-hybridized carbons (Fsp3) is 0.364. The quantitative estimate of drug-likeness (QED) is 0.809. The SMILES string of the molecule is NC1COCC1C(=O)Nc1cc(F)ccc1F. The Morgan fingerprint density at radius 2 is 2.18 bits per heavy atom. The minimum Gasteiger partial charge on any atom is -0.379 e. The van der Waals surface area contributed by atoms with Crippen LogP contribution in [0.25, 0.3) is 0 Å². The van der Waals surface area contributed by atoms with Gasteiger partial charge in [-0.25, -0.2) is 8.78 Å². The summed E-state index contributed by atoms with van der Waals surface area (Å²) >= 11 is 0. The largest absolute Gasteiger partial charge is 0.379 e.